The summed E-state index contributed by atoms with van der Waals surface area (Å²) in [6.07, 6.45) is 3.19. The van der Waals surface area contributed by atoms with Crippen LogP contribution in [0.15, 0.2) is 36.5 Å². The summed E-state index contributed by atoms with van der Waals surface area (Å²) in [6.45, 7) is 6.66. The van der Waals surface area contributed by atoms with Gasteiger partial charge in [-0.1, -0.05) is 37.3 Å². The first-order valence-corrected chi connectivity index (χ1v) is 7.78. The summed E-state index contributed by atoms with van der Waals surface area (Å²) in [5, 5.41) is 0. The molecule has 0 amide bonds. The van der Waals surface area contributed by atoms with Gasteiger partial charge in [0, 0.05) is 49.7 Å². The highest BCUT2D eigenvalue weighted by molar-refractivity contribution is 5.54. The Morgan fingerprint density at radius 1 is 1.24 bits per heavy atom. The van der Waals surface area contributed by atoms with E-state index in [0.717, 1.165) is 37.6 Å². The van der Waals surface area contributed by atoms with E-state index in [1.54, 1.807) is 0 Å². The van der Waals surface area contributed by atoms with Gasteiger partial charge < -0.3 is 9.88 Å². The van der Waals surface area contributed by atoms with Gasteiger partial charge in [-0.15, -0.1) is 0 Å². The van der Waals surface area contributed by atoms with Gasteiger partial charge >= 0.3 is 0 Å². The number of imidazole rings is 1. The molecule has 4 nitrogen and oxygen atoms in total. The molecule has 4 heteroatoms. The minimum absolute atomic E-state index is 0.676. The standard InChI is InChI=1S/C17H24N4/c1-3-16-13-21(10-9-20(16)2)12-15-11-18-17(19-15)14-7-5-4-6-8-14/h4-8,11,16H,3,9-10,12-13H2,1-2H3,(H,18,19). The number of rotatable bonds is 4. The Kier molecular flexibility index (Phi) is 4.36. The maximum Gasteiger partial charge on any atom is 0.137 e. The van der Waals surface area contributed by atoms with Crippen molar-refractivity contribution in [3.63, 3.8) is 0 Å². The fourth-order valence-electron chi connectivity index (χ4n) is 3.02. The summed E-state index contributed by atoms with van der Waals surface area (Å²) in [6, 6.07) is 11.0. The van der Waals surface area contributed by atoms with E-state index in [1.807, 2.05) is 24.4 Å². The first-order valence-electron chi connectivity index (χ1n) is 7.78. The molecule has 0 aliphatic carbocycles. The van der Waals surface area contributed by atoms with Crippen molar-refractivity contribution < 1.29 is 0 Å². The van der Waals surface area contributed by atoms with Crippen molar-refractivity contribution in [1.29, 1.82) is 0 Å². The second kappa shape index (κ2) is 6.41. The Morgan fingerprint density at radius 2 is 2.05 bits per heavy atom. The van der Waals surface area contributed by atoms with Crippen LogP contribution >= 0.6 is 0 Å². The van der Waals surface area contributed by atoms with Crippen LogP contribution in [0, 0.1) is 0 Å². The third-order valence-electron chi connectivity index (χ3n) is 4.40. The molecule has 1 unspecified atom stereocenters. The first kappa shape index (κ1) is 14.3. The number of benzene rings is 1. The van der Waals surface area contributed by atoms with Crippen molar-refractivity contribution in [3.05, 3.63) is 42.2 Å². The van der Waals surface area contributed by atoms with E-state index in [-0.39, 0.29) is 0 Å². The lowest BCUT2D eigenvalue weighted by atomic mass is 10.1. The number of likely N-dealkylation sites (N-methyl/N-ethyl adjacent to an activating group) is 1. The molecule has 2 heterocycles. The smallest absolute Gasteiger partial charge is 0.137 e. The Balaban J connectivity index is 1.65. The summed E-state index contributed by atoms with van der Waals surface area (Å²) in [4.78, 5) is 13.0. The maximum atomic E-state index is 4.51. The Morgan fingerprint density at radius 3 is 2.81 bits per heavy atom. The van der Waals surface area contributed by atoms with Crippen LogP contribution < -0.4 is 0 Å². The van der Waals surface area contributed by atoms with Gasteiger partial charge in [0.15, 0.2) is 0 Å². The lowest BCUT2D eigenvalue weighted by molar-refractivity contribution is 0.0876. The lowest BCUT2D eigenvalue weighted by Gasteiger charge is -2.38. The van der Waals surface area contributed by atoms with Gasteiger partial charge in [0.25, 0.3) is 0 Å². The predicted octanol–water partition coefficient (Wildman–Crippen LogP) is 2.60. The number of piperazine rings is 1. The Labute approximate surface area is 126 Å². The molecule has 1 aliphatic rings. The van der Waals surface area contributed by atoms with Crippen molar-refractivity contribution in [2.45, 2.75) is 25.9 Å². The molecule has 21 heavy (non-hydrogen) atoms. The van der Waals surface area contributed by atoms with E-state index in [4.69, 9.17) is 0 Å². The highest BCUT2D eigenvalue weighted by atomic mass is 15.3. The zero-order chi connectivity index (χ0) is 14.7. The van der Waals surface area contributed by atoms with E-state index >= 15 is 0 Å². The molecule has 0 saturated carbocycles. The first-order chi connectivity index (χ1) is 10.3. The number of H-pyrrole nitrogens is 1. The summed E-state index contributed by atoms with van der Waals surface area (Å²) in [5.41, 5.74) is 2.35. The monoisotopic (exact) mass is 284 g/mol. The summed E-state index contributed by atoms with van der Waals surface area (Å²) < 4.78 is 0. The van der Waals surface area contributed by atoms with Gasteiger partial charge in [-0.2, -0.15) is 0 Å². The summed E-state index contributed by atoms with van der Waals surface area (Å²) in [7, 11) is 2.23. The largest absolute Gasteiger partial charge is 0.341 e. The molecule has 0 spiro atoms. The van der Waals surface area contributed by atoms with E-state index in [0.29, 0.717) is 6.04 Å². The van der Waals surface area contributed by atoms with Crippen LogP contribution in [0.4, 0.5) is 0 Å². The minimum atomic E-state index is 0.676. The quantitative estimate of drug-likeness (QED) is 0.937. The van der Waals surface area contributed by atoms with Gasteiger partial charge in [-0.25, -0.2) is 4.98 Å². The second-order valence-electron chi connectivity index (χ2n) is 5.90. The number of nitrogens with zero attached hydrogens (tertiary/aromatic N) is 3. The number of nitrogens with one attached hydrogen (secondary N) is 1. The predicted molar refractivity (Wildman–Crippen MR) is 86.0 cm³/mol. The molecule has 0 bridgehead atoms. The van der Waals surface area contributed by atoms with Crippen molar-refractivity contribution in [3.8, 4) is 11.4 Å². The molecule has 1 aromatic heterocycles. The minimum Gasteiger partial charge on any atom is -0.341 e. The fourth-order valence-corrected chi connectivity index (χ4v) is 3.02. The van der Waals surface area contributed by atoms with Gasteiger partial charge in [0.05, 0.1) is 0 Å². The third-order valence-corrected chi connectivity index (χ3v) is 4.40. The molecule has 3 rings (SSSR count). The molecule has 1 saturated heterocycles. The summed E-state index contributed by atoms with van der Waals surface area (Å²) >= 11 is 0. The molecule has 1 aromatic carbocycles. The van der Waals surface area contributed by atoms with Crippen LogP contribution in [0.3, 0.4) is 0 Å². The fraction of sp³-hybridized carbons (Fsp3) is 0.471. The Bertz CT molecular complexity index is 563. The SMILES string of the molecule is CCC1CN(Cc2cnc(-c3ccccc3)[nH]2)CCN1C. The van der Waals surface area contributed by atoms with E-state index in [2.05, 4.69) is 45.9 Å². The number of aromatic amines is 1. The highest BCUT2D eigenvalue weighted by Gasteiger charge is 2.23. The zero-order valence-corrected chi connectivity index (χ0v) is 12.9. The average Bonchev–Trinajstić information content (AvgIpc) is 2.98. The molecule has 1 N–H and O–H groups in total. The van der Waals surface area contributed by atoms with Crippen LogP contribution in [0.25, 0.3) is 11.4 Å². The normalized spacial score (nSPS) is 20.8. The molecule has 112 valence electrons. The van der Waals surface area contributed by atoms with Crippen molar-refractivity contribution in [2.75, 3.05) is 26.7 Å². The lowest BCUT2D eigenvalue weighted by Crippen LogP contribution is -2.50. The molecule has 1 fully saturated rings. The zero-order valence-electron chi connectivity index (χ0n) is 12.9. The van der Waals surface area contributed by atoms with Crippen molar-refractivity contribution >= 4 is 0 Å². The van der Waals surface area contributed by atoms with Crippen molar-refractivity contribution in [1.82, 2.24) is 19.8 Å². The molecule has 1 aliphatic heterocycles. The molecule has 0 radical (unpaired) electrons. The van der Waals surface area contributed by atoms with Crippen LogP contribution in [0.1, 0.15) is 19.0 Å². The molecule has 1 atom stereocenters. The molecular weight excluding hydrogens is 260 g/mol. The number of aromatic nitrogens is 2. The number of hydrogen-bond donors (Lipinski definition) is 1. The van der Waals surface area contributed by atoms with E-state index in [9.17, 15) is 0 Å². The van der Waals surface area contributed by atoms with E-state index < -0.39 is 0 Å². The van der Waals surface area contributed by atoms with Gasteiger partial charge in [-0.05, 0) is 13.5 Å². The highest BCUT2D eigenvalue weighted by Crippen LogP contribution is 2.17. The second-order valence-corrected chi connectivity index (χ2v) is 5.90. The van der Waals surface area contributed by atoms with Crippen LogP contribution in [-0.4, -0.2) is 52.5 Å². The van der Waals surface area contributed by atoms with Crippen molar-refractivity contribution in [2.24, 2.45) is 0 Å². The van der Waals surface area contributed by atoms with E-state index in [1.165, 1.54) is 12.1 Å². The molecule has 2 aromatic rings. The van der Waals surface area contributed by atoms with Gasteiger partial charge in [-0.3, -0.25) is 4.90 Å². The van der Waals surface area contributed by atoms with Crippen LogP contribution in [0.5, 0.6) is 0 Å². The number of hydrogen-bond acceptors (Lipinski definition) is 3. The average molecular weight is 284 g/mol. The molecular formula is C17H24N4. The van der Waals surface area contributed by atoms with Gasteiger partial charge in [0.1, 0.15) is 5.82 Å². The third kappa shape index (κ3) is 3.34. The maximum absolute atomic E-state index is 4.51. The summed E-state index contributed by atoms with van der Waals surface area (Å²) in [5.74, 6) is 0.965. The van der Waals surface area contributed by atoms with Gasteiger partial charge in [0.2, 0.25) is 0 Å². The topological polar surface area (TPSA) is 35.2 Å². The van der Waals surface area contributed by atoms with Crippen LogP contribution in [-0.2, 0) is 6.54 Å². The van der Waals surface area contributed by atoms with Crippen LogP contribution in [0.2, 0.25) is 0 Å². The Hall–Kier alpha value is -1.65.